The van der Waals surface area contributed by atoms with Crippen LogP contribution in [0.25, 0.3) is 4.96 Å². The second-order valence-corrected chi connectivity index (χ2v) is 5.25. The molecule has 0 bridgehead atoms. The normalized spacial score (nSPS) is 11.1. The molecule has 7 heteroatoms. The molecule has 0 unspecified atom stereocenters. The molecule has 3 heterocycles. The van der Waals surface area contributed by atoms with Crippen molar-refractivity contribution in [3.8, 4) is 5.88 Å². The van der Waals surface area contributed by atoms with E-state index in [1.54, 1.807) is 30.8 Å². The summed E-state index contributed by atoms with van der Waals surface area (Å²) in [5, 5.41) is 5.35. The van der Waals surface area contributed by atoms with Gasteiger partial charge in [0, 0.05) is 37.1 Å². The van der Waals surface area contributed by atoms with Crippen LogP contribution in [0.4, 0.5) is 0 Å². The van der Waals surface area contributed by atoms with E-state index in [4.69, 9.17) is 4.74 Å². The lowest BCUT2D eigenvalue weighted by molar-refractivity contribution is 0.392. The molecular formula is C13H15N5OS. The first-order chi connectivity index (χ1) is 9.78. The molecule has 6 nitrogen and oxygen atoms in total. The number of aromatic nitrogens is 4. The highest BCUT2D eigenvalue weighted by Gasteiger charge is 2.12. The molecule has 104 valence electrons. The van der Waals surface area contributed by atoms with Crippen molar-refractivity contribution in [1.82, 2.24) is 24.7 Å². The third-order valence-corrected chi connectivity index (χ3v) is 3.71. The van der Waals surface area contributed by atoms with Crippen LogP contribution in [-0.4, -0.2) is 26.5 Å². The highest BCUT2D eigenvalue weighted by molar-refractivity contribution is 7.15. The van der Waals surface area contributed by atoms with Crippen molar-refractivity contribution in [2.75, 3.05) is 7.11 Å². The molecule has 0 saturated heterocycles. The number of methoxy groups -OCH3 is 1. The van der Waals surface area contributed by atoms with Gasteiger partial charge in [-0.1, -0.05) is 0 Å². The molecule has 0 aromatic carbocycles. The van der Waals surface area contributed by atoms with Gasteiger partial charge in [-0.15, -0.1) is 11.3 Å². The van der Waals surface area contributed by atoms with Gasteiger partial charge in [-0.05, 0) is 6.92 Å². The van der Waals surface area contributed by atoms with E-state index in [2.05, 4.69) is 20.3 Å². The van der Waals surface area contributed by atoms with Crippen LogP contribution < -0.4 is 10.1 Å². The maximum Gasteiger partial charge on any atom is 0.237 e. The van der Waals surface area contributed by atoms with Gasteiger partial charge < -0.3 is 10.1 Å². The summed E-state index contributed by atoms with van der Waals surface area (Å²) in [5.74, 6) is 0.666. The summed E-state index contributed by atoms with van der Waals surface area (Å²) in [6, 6.07) is 0. The number of imidazole rings is 1. The maximum absolute atomic E-state index is 5.31. The zero-order valence-electron chi connectivity index (χ0n) is 11.3. The summed E-state index contributed by atoms with van der Waals surface area (Å²) >= 11 is 1.59. The molecule has 0 fully saturated rings. The number of aryl methyl sites for hydroxylation is 1. The third kappa shape index (κ3) is 2.50. The number of rotatable bonds is 5. The number of ether oxygens (including phenoxy) is 1. The fourth-order valence-corrected chi connectivity index (χ4v) is 2.68. The van der Waals surface area contributed by atoms with Crippen molar-refractivity contribution in [3.63, 3.8) is 0 Å². The van der Waals surface area contributed by atoms with Crippen molar-refractivity contribution in [1.29, 1.82) is 0 Å². The van der Waals surface area contributed by atoms with E-state index in [-0.39, 0.29) is 0 Å². The van der Waals surface area contributed by atoms with E-state index in [9.17, 15) is 0 Å². The second-order valence-electron chi connectivity index (χ2n) is 4.38. The molecule has 3 rings (SSSR count). The van der Waals surface area contributed by atoms with Crippen LogP contribution in [0, 0.1) is 6.92 Å². The van der Waals surface area contributed by atoms with Crippen LogP contribution in [0.2, 0.25) is 0 Å². The van der Waals surface area contributed by atoms with E-state index in [0.29, 0.717) is 19.0 Å². The van der Waals surface area contributed by atoms with Crippen molar-refractivity contribution < 1.29 is 4.74 Å². The lowest BCUT2D eigenvalue weighted by atomic mass is 10.4. The first-order valence-electron chi connectivity index (χ1n) is 6.24. The van der Waals surface area contributed by atoms with Gasteiger partial charge in [0.15, 0.2) is 4.96 Å². The molecule has 0 radical (unpaired) electrons. The van der Waals surface area contributed by atoms with Crippen LogP contribution in [0.15, 0.2) is 24.0 Å². The van der Waals surface area contributed by atoms with Crippen LogP contribution >= 0.6 is 11.3 Å². The van der Waals surface area contributed by atoms with E-state index >= 15 is 0 Å². The molecule has 0 spiro atoms. The Bertz CT molecular complexity index is 703. The van der Waals surface area contributed by atoms with E-state index in [1.807, 2.05) is 22.9 Å². The second kappa shape index (κ2) is 5.56. The monoisotopic (exact) mass is 289 g/mol. The fourth-order valence-electron chi connectivity index (χ4n) is 1.96. The summed E-state index contributed by atoms with van der Waals surface area (Å²) < 4.78 is 7.35. The predicted octanol–water partition coefficient (Wildman–Crippen LogP) is 1.79. The lowest BCUT2D eigenvalue weighted by Crippen LogP contribution is -2.15. The molecular weight excluding hydrogens is 274 g/mol. The van der Waals surface area contributed by atoms with E-state index in [1.165, 1.54) is 0 Å². The summed E-state index contributed by atoms with van der Waals surface area (Å²) in [7, 11) is 1.64. The first-order valence-corrected chi connectivity index (χ1v) is 7.12. The third-order valence-electron chi connectivity index (χ3n) is 2.95. The summed E-state index contributed by atoms with van der Waals surface area (Å²) in [6.07, 6.45) is 5.56. The topological polar surface area (TPSA) is 64.3 Å². The summed E-state index contributed by atoms with van der Waals surface area (Å²) in [5.41, 5.74) is 2.86. The van der Waals surface area contributed by atoms with Gasteiger partial charge in [0.2, 0.25) is 5.88 Å². The molecule has 0 aliphatic carbocycles. The molecule has 20 heavy (non-hydrogen) atoms. The molecule has 3 aromatic rings. The first kappa shape index (κ1) is 13.0. The van der Waals surface area contributed by atoms with Crippen molar-refractivity contribution in [2.24, 2.45) is 0 Å². The van der Waals surface area contributed by atoms with Crippen molar-refractivity contribution in [2.45, 2.75) is 20.0 Å². The van der Waals surface area contributed by atoms with Crippen LogP contribution in [0.3, 0.4) is 0 Å². The number of fused-ring (bicyclic) bond motifs is 1. The van der Waals surface area contributed by atoms with Gasteiger partial charge in [0.25, 0.3) is 0 Å². The average Bonchev–Trinajstić information content (AvgIpc) is 3.02. The molecule has 3 aromatic heterocycles. The Morgan fingerprint density at radius 2 is 2.20 bits per heavy atom. The lowest BCUT2D eigenvalue weighted by Gasteiger charge is -2.05. The average molecular weight is 289 g/mol. The van der Waals surface area contributed by atoms with Gasteiger partial charge in [-0.3, -0.25) is 14.4 Å². The molecule has 0 amide bonds. The Kier molecular flexibility index (Phi) is 3.62. The fraction of sp³-hybridized carbons (Fsp3) is 0.308. The largest absolute Gasteiger partial charge is 0.480 e. The minimum absolute atomic E-state index is 0.661. The zero-order chi connectivity index (χ0) is 13.9. The van der Waals surface area contributed by atoms with Gasteiger partial charge in [0.1, 0.15) is 5.69 Å². The van der Waals surface area contributed by atoms with Gasteiger partial charge in [0.05, 0.1) is 18.5 Å². The van der Waals surface area contributed by atoms with Crippen molar-refractivity contribution >= 4 is 16.3 Å². The van der Waals surface area contributed by atoms with Gasteiger partial charge in [-0.2, -0.15) is 4.98 Å². The van der Waals surface area contributed by atoms with Gasteiger partial charge in [-0.25, -0.2) is 0 Å². The van der Waals surface area contributed by atoms with Crippen LogP contribution in [0.1, 0.15) is 17.1 Å². The Labute approximate surface area is 120 Å². The Hall–Kier alpha value is -1.99. The Morgan fingerprint density at radius 3 is 2.95 bits per heavy atom. The molecule has 0 atom stereocenters. The van der Waals surface area contributed by atoms with Crippen molar-refractivity contribution in [3.05, 3.63) is 41.1 Å². The zero-order valence-corrected chi connectivity index (χ0v) is 12.1. The SMILES string of the molecule is COc1nc2sccn2c1CNCc1cnc(C)cn1. The number of nitrogens with zero attached hydrogens (tertiary/aromatic N) is 4. The number of hydrogen-bond donors (Lipinski definition) is 1. The highest BCUT2D eigenvalue weighted by Crippen LogP contribution is 2.22. The smallest absolute Gasteiger partial charge is 0.237 e. The van der Waals surface area contributed by atoms with E-state index < -0.39 is 0 Å². The highest BCUT2D eigenvalue weighted by atomic mass is 32.1. The van der Waals surface area contributed by atoms with E-state index in [0.717, 1.165) is 22.0 Å². The Balaban J connectivity index is 1.70. The quantitative estimate of drug-likeness (QED) is 0.776. The molecule has 1 N–H and O–H groups in total. The molecule has 0 aliphatic rings. The predicted molar refractivity (Wildman–Crippen MR) is 76.9 cm³/mol. The Morgan fingerprint density at radius 1 is 1.30 bits per heavy atom. The summed E-state index contributed by atoms with van der Waals surface area (Å²) in [4.78, 5) is 13.9. The number of hydrogen-bond acceptors (Lipinski definition) is 6. The molecule has 0 saturated carbocycles. The number of nitrogens with one attached hydrogen (secondary N) is 1. The molecule has 0 aliphatic heterocycles. The van der Waals surface area contributed by atoms with Gasteiger partial charge >= 0.3 is 0 Å². The minimum atomic E-state index is 0.661. The van der Waals surface area contributed by atoms with Crippen LogP contribution in [0.5, 0.6) is 5.88 Å². The minimum Gasteiger partial charge on any atom is -0.480 e. The number of thiazole rings is 1. The standard InChI is InChI=1S/C13H15N5OS/c1-9-5-16-10(7-15-9)6-14-8-11-12(19-2)17-13-18(11)3-4-20-13/h3-5,7,14H,6,8H2,1-2H3. The maximum atomic E-state index is 5.31. The summed E-state index contributed by atoms with van der Waals surface area (Å²) in [6.45, 7) is 3.25. The van der Waals surface area contributed by atoms with Crippen LogP contribution in [-0.2, 0) is 13.1 Å².